The van der Waals surface area contributed by atoms with E-state index in [2.05, 4.69) is 6.92 Å². The summed E-state index contributed by atoms with van der Waals surface area (Å²) >= 11 is 0. The maximum absolute atomic E-state index is 12.7. The molecular weight excluding hydrogens is 141 g/mol. The molecule has 1 atom stereocenters. The van der Waals surface area contributed by atoms with E-state index in [0.717, 1.165) is 0 Å². The fraction of sp³-hybridized carbons (Fsp3) is 0.286. The zero-order valence-corrected chi connectivity index (χ0v) is 5.20. The lowest BCUT2D eigenvalue weighted by molar-refractivity contribution is 0.267. The molecule has 1 aliphatic rings. The van der Waals surface area contributed by atoms with Gasteiger partial charge in [-0.2, -0.15) is 0 Å². The first kappa shape index (κ1) is 7.38. The monoisotopic (exact) mass is 147 g/mol. The molecule has 3 heteroatoms. The van der Waals surface area contributed by atoms with Gasteiger partial charge in [-0.05, 0) is 13.0 Å². The molecule has 55 valence electrons. The first-order valence-corrected chi connectivity index (χ1v) is 2.78. The van der Waals surface area contributed by atoms with Crippen molar-refractivity contribution in [1.29, 1.82) is 0 Å². The first-order valence-electron chi connectivity index (χ1n) is 2.78. The summed E-state index contributed by atoms with van der Waals surface area (Å²) < 4.78 is 37.1. The largest absolute Gasteiger partial charge is 0.239 e. The van der Waals surface area contributed by atoms with E-state index < -0.39 is 23.7 Å². The minimum atomic E-state index is -2.11. The van der Waals surface area contributed by atoms with Crippen molar-refractivity contribution < 1.29 is 13.2 Å². The topological polar surface area (TPSA) is 0 Å². The summed E-state index contributed by atoms with van der Waals surface area (Å²) in [5.41, 5.74) is -2.11. The number of halogens is 3. The summed E-state index contributed by atoms with van der Waals surface area (Å²) in [7, 11) is 0. The molecule has 0 amide bonds. The fourth-order valence-electron chi connectivity index (χ4n) is 0.821. The lowest BCUT2D eigenvalue weighted by Gasteiger charge is -2.17. The smallest absolute Gasteiger partial charge is 0.138 e. The molecule has 0 spiro atoms. The van der Waals surface area contributed by atoms with Crippen LogP contribution in [-0.4, -0.2) is 5.67 Å². The van der Waals surface area contributed by atoms with Gasteiger partial charge in [0.05, 0.1) is 0 Å². The SMILES string of the molecule is [CH2]C1(F)C=C(F)C=C(F)C1. The van der Waals surface area contributed by atoms with Gasteiger partial charge in [0, 0.05) is 12.5 Å². The lowest BCUT2D eigenvalue weighted by Crippen LogP contribution is -2.17. The summed E-state index contributed by atoms with van der Waals surface area (Å²) in [5.74, 6) is -1.71. The van der Waals surface area contributed by atoms with E-state index in [9.17, 15) is 13.2 Å². The van der Waals surface area contributed by atoms with Crippen molar-refractivity contribution in [3.8, 4) is 0 Å². The van der Waals surface area contributed by atoms with Crippen LogP contribution < -0.4 is 0 Å². The van der Waals surface area contributed by atoms with Crippen LogP contribution in [0.15, 0.2) is 23.8 Å². The summed E-state index contributed by atoms with van der Waals surface area (Å²) in [6, 6.07) is 0. The molecule has 0 saturated carbocycles. The van der Waals surface area contributed by atoms with Gasteiger partial charge in [-0.3, -0.25) is 0 Å². The van der Waals surface area contributed by atoms with E-state index in [-0.39, 0.29) is 0 Å². The molecular formula is C7H6F3. The average molecular weight is 147 g/mol. The molecule has 0 saturated heterocycles. The van der Waals surface area contributed by atoms with Crippen molar-refractivity contribution in [1.82, 2.24) is 0 Å². The van der Waals surface area contributed by atoms with Crippen LogP contribution in [0.3, 0.4) is 0 Å². The van der Waals surface area contributed by atoms with Crippen molar-refractivity contribution >= 4 is 0 Å². The first-order chi connectivity index (χ1) is 4.49. The van der Waals surface area contributed by atoms with E-state index in [4.69, 9.17) is 0 Å². The Labute approximate surface area is 57.0 Å². The van der Waals surface area contributed by atoms with Crippen molar-refractivity contribution in [2.75, 3.05) is 0 Å². The number of alkyl halides is 1. The van der Waals surface area contributed by atoms with Gasteiger partial charge in [0.2, 0.25) is 0 Å². The van der Waals surface area contributed by atoms with Gasteiger partial charge >= 0.3 is 0 Å². The van der Waals surface area contributed by atoms with Crippen molar-refractivity contribution in [3.63, 3.8) is 0 Å². The third-order valence-corrected chi connectivity index (χ3v) is 1.15. The Bertz CT molecular complexity index is 201. The molecule has 0 heterocycles. The van der Waals surface area contributed by atoms with Crippen LogP contribution in [0.5, 0.6) is 0 Å². The molecule has 0 nitrogen and oxygen atoms in total. The van der Waals surface area contributed by atoms with E-state index in [0.29, 0.717) is 12.2 Å². The van der Waals surface area contributed by atoms with Gasteiger partial charge < -0.3 is 0 Å². The second-order valence-corrected chi connectivity index (χ2v) is 2.33. The second kappa shape index (κ2) is 2.15. The van der Waals surface area contributed by atoms with Crippen LogP contribution in [0.25, 0.3) is 0 Å². The molecule has 0 aromatic rings. The minimum absolute atomic E-state index is 0.472. The van der Waals surface area contributed by atoms with Gasteiger partial charge in [-0.15, -0.1) is 0 Å². The summed E-state index contributed by atoms with van der Waals surface area (Å²) in [6.07, 6.45) is 0.847. The number of hydrogen-bond acceptors (Lipinski definition) is 0. The predicted octanol–water partition coefficient (Wildman–Crippen LogP) is 2.64. The summed E-state index contributed by atoms with van der Waals surface area (Å²) in [4.78, 5) is 0. The summed E-state index contributed by atoms with van der Waals surface area (Å²) in [5, 5.41) is 0. The molecule has 10 heavy (non-hydrogen) atoms. The molecule has 1 aliphatic carbocycles. The van der Waals surface area contributed by atoms with Crippen LogP contribution in [0.1, 0.15) is 6.42 Å². The highest BCUT2D eigenvalue weighted by Gasteiger charge is 2.26. The Morgan fingerprint density at radius 3 is 2.50 bits per heavy atom. The van der Waals surface area contributed by atoms with Crippen LogP contribution in [0, 0.1) is 6.92 Å². The quantitative estimate of drug-likeness (QED) is 0.494. The van der Waals surface area contributed by atoms with Gasteiger partial charge in [0.15, 0.2) is 0 Å². The highest BCUT2D eigenvalue weighted by Crippen LogP contribution is 2.29. The molecule has 0 fully saturated rings. The number of hydrogen-bond donors (Lipinski definition) is 0. The van der Waals surface area contributed by atoms with Crippen molar-refractivity contribution in [2.24, 2.45) is 0 Å². The molecule has 1 unspecified atom stereocenters. The second-order valence-electron chi connectivity index (χ2n) is 2.33. The van der Waals surface area contributed by atoms with E-state index in [1.54, 1.807) is 0 Å². The Hall–Kier alpha value is -0.730. The molecule has 0 bridgehead atoms. The molecule has 0 N–H and O–H groups in total. The Morgan fingerprint density at radius 1 is 1.50 bits per heavy atom. The Morgan fingerprint density at radius 2 is 2.10 bits per heavy atom. The van der Waals surface area contributed by atoms with Crippen molar-refractivity contribution in [3.05, 3.63) is 30.7 Å². The molecule has 1 radical (unpaired) electrons. The Balaban J connectivity index is 2.88. The summed E-state index contributed by atoms with van der Waals surface area (Å²) in [6.45, 7) is 2.97. The van der Waals surface area contributed by atoms with Crippen molar-refractivity contribution in [2.45, 2.75) is 12.1 Å². The highest BCUT2D eigenvalue weighted by atomic mass is 19.2. The van der Waals surface area contributed by atoms with Gasteiger partial charge in [0.25, 0.3) is 0 Å². The van der Waals surface area contributed by atoms with Crippen LogP contribution in [-0.2, 0) is 0 Å². The third-order valence-electron chi connectivity index (χ3n) is 1.15. The van der Waals surface area contributed by atoms with E-state index >= 15 is 0 Å². The number of allylic oxidation sites excluding steroid dienone is 4. The highest BCUT2D eigenvalue weighted by molar-refractivity contribution is 5.27. The van der Waals surface area contributed by atoms with Gasteiger partial charge in [-0.1, -0.05) is 0 Å². The lowest BCUT2D eigenvalue weighted by atomic mass is 9.99. The fourth-order valence-corrected chi connectivity index (χ4v) is 0.821. The number of rotatable bonds is 0. The van der Waals surface area contributed by atoms with Gasteiger partial charge in [-0.25, -0.2) is 13.2 Å². The molecule has 0 aromatic heterocycles. The van der Waals surface area contributed by atoms with Crippen LogP contribution in [0.4, 0.5) is 13.2 Å². The maximum atomic E-state index is 12.7. The molecule has 0 aromatic carbocycles. The third kappa shape index (κ3) is 1.62. The van der Waals surface area contributed by atoms with Crippen LogP contribution in [0.2, 0.25) is 0 Å². The predicted molar refractivity (Wildman–Crippen MR) is 32.2 cm³/mol. The van der Waals surface area contributed by atoms with E-state index in [1.807, 2.05) is 0 Å². The molecule has 0 aliphatic heterocycles. The normalized spacial score (nSPS) is 33.2. The zero-order chi connectivity index (χ0) is 7.78. The maximum Gasteiger partial charge on any atom is 0.138 e. The molecule has 1 rings (SSSR count). The Kier molecular flexibility index (Phi) is 1.58. The van der Waals surface area contributed by atoms with E-state index in [1.165, 1.54) is 0 Å². The standard InChI is InChI=1S/C7H6F3/c1-7(10)3-5(8)2-6(9)4-7/h2-3H,1,4H2. The van der Waals surface area contributed by atoms with Crippen LogP contribution >= 0.6 is 0 Å². The minimum Gasteiger partial charge on any atom is -0.239 e. The van der Waals surface area contributed by atoms with Gasteiger partial charge in [0.1, 0.15) is 17.3 Å². The zero-order valence-electron chi connectivity index (χ0n) is 5.20. The average Bonchev–Trinajstić information content (AvgIpc) is 1.54.